The van der Waals surface area contributed by atoms with E-state index < -0.39 is 28.5 Å². The summed E-state index contributed by atoms with van der Waals surface area (Å²) in [5, 5.41) is 2.87. The standard InChI is InChI=1S/C20H24N2O5S/c1-3-9-17(15-10-5-4-6-11-15)21-19(23)14-27-20(24)16-12-7-8-13-18(16)22-28(2,25)26/h4-8,10-13,17,22H,3,9,14H2,1-2H3,(H,21,23)/t17-/m0/s1. The SMILES string of the molecule is CCC[C@H](NC(=O)COC(=O)c1ccccc1NS(C)(=O)=O)c1ccccc1. The third-order valence-corrected chi connectivity index (χ3v) is 4.48. The van der Waals surface area contributed by atoms with Crippen molar-refractivity contribution >= 4 is 27.6 Å². The maximum Gasteiger partial charge on any atom is 0.340 e. The Hall–Kier alpha value is -2.87. The molecule has 2 aromatic carbocycles. The lowest BCUT2D eigenvalue weighted by molar-refractivity contribution is -0.125. The van der Waals surface area contributed by atoms with Crippen LogP contribution in [-0.4, -0.2) is 33.2 Å². The van der Waals surface area contributed by atoms with Crippen LogP contribution in [0.4, 0.5) is 5.69 Å². The van der Waals surface area contributed by atoms with E-state index in [4.69, 9.17) is 4.74 Å². The monoisotopic (exact) mass is 404 g/mol. The summed E-state index contributed by atoms with van der Waals surface area (Å²) in [5.41, 5.74) is 1.11. The van der Waals surface area contributed by atoms with Crippen molar-refractivity contribution in [2.45, 2.75) is 25.8 Å². The normalized spacial score (nSPS) is 12.1. The van der Waals surface area contributed by atoms with Crippen LogP contribution in [0.3, 0.4) is 0 Å². The highest BCUT2D eigenvalue weighted by Crippen LogP contribution is 2.19. The van der Waals surface area contributed by atoms with Crippen molar-refractivity contribution in [2.24, 2.45) is 0 Å². The summed E-state index contributed by atoms with van der Waals surface area (Å²) in [6, 6.07) is 15.4. The number of hydrogen-bond acceptors (Lipinski definition) is 5. The summed E-state index contributed by atoms with van der Waals surface area (Å²) in [4.78, 5) is 24.6. The molecule has 0 fully saturated rings. The predicted octanol–water partition coefficient (Wildman–Crippen LogP) is 2.87. The number of hydrogen-bond donors (Lipinski definition) is 2. The smallest absolute Gasteiger partial charge is 0.340 e. The molecule has 150 valence electrons. The van der Waals surface area contributed by atoms with E-state index in [0.29, 0.717) is 0 Å². The van der Waals surface area contributed by atoms with E-state index >= 15 is 0 Å². The number of anilines is 1. The van der Waals surface area contributed by atoms with Crippen LogP contribution >= 0.6 is 0 Å². The van der Waals surface area contributed by atoms with Gasteiger partial charge in [0.25, 0.3) is 5.91 Å². The van der Waals surface area contributed by atoms with Crippen LogP contribution < -0.4 is 10.0 Å². The second-order valence-electron chi connectivity index (χ2n) is 6.32. The summed E-state index contributed by atoms with van der Waals surface area (Å²) in [7, 11) is -3.55. The molecule has 28 heavy (non-hydrogen) atoms. The number of amides is 1. The van der Waals surface area contributed by atoms with Gasteiger partial charge in [0.15, 0.2) is 6.61 Å². The van der Waals surface area contributed by atoms with Crippen molar-refractivity contribution in [2.75, 3.05) is 17.6 Å². The molecule has 0 saturated heterocycles. The van der Waals surface area contributed by atoms with E-state index in [1.165, 1.54) is 12.1 Å². The number of rotatable bonds is 9. The van der Waals surface area contributed by atoms with Gasteiger partial charge in [-0.2, -0.15) is 0 Å². The first-order valence-electron chi connectivity index (χ1n) is 8.88. The maximum absolute atomic E-state index is 12.3. The Labute approximate surface area is 165 Å². The van der Waals surface area contributed by atoms with E-state index in [0.717, 1.165) is 24.7 Å². The average Bonchev–Trinajstić information content (AvgIpc) is 2.65. The fraction of sp³-hybridized carbons (Fsp3) is 0.300. The first kappa shape index (κ1) is 21.4. The predicted molar refractivity (Wildman–Crippen MR) is 107 cm³/mol. The summed E-state index contributed by atoms with van der Waals surface area (Å²) in [6.45, 7) is 1.56. The van der Waals surface area contributed by atoms with Crippen molar-refractivity contribution in [1.29, 1.82) is 0 Å². The minimum absolute atomic E-state index is 0.0360. The van der Waals surface area contributed by atoms with Gasteiger partial charge in [-0.1, -0.05) is 55.8 Å². The molecule has 7 nitrogen and oxygen atoms in total. The lowest BCUT2D eigenvalue weighted by Gasteiger charge is -2.18. The molecule has 0 aliphatic rings. The van der Waals surface area contributed by atoms with E-state index in [-0.39, 0.29) is 17.3 Å². The van der Waals surface area contributed by atoms with Crippen LogP contribution in [0.5, 0.6) is 0 Å². The van der Waals surface area contributed by atoms with Gasteiger partial charge >= 0.3 is 5.97 Å². The Morgan fingerprint density at radius 2 is 1.68 bits per heavy atom. The van der Waals surface area contributed by atoms with Crippen LogP contribution in [-0.2, 0) is 19.6 Å². The highest BCUT2D eigenvalue weighted by Gasteiger charge is 2.18. The molecule has 0 aliphatic heterocycles. The molecule has 0 unspecified atom stereocenters. The zero-order valence-electron chi connectivity index (χ0n) is 15.8. The highest BCUT2D eigenvalue weighted by molar-refractivity contribution is 7.92. The molecule has 0 heterocycles. The van der Waals surface area contributed by atoms with Crippen molar-refractivity contribution in [3.63, 3.8) is 0 Å². The zero-order chi connectivity index (χ0) is 20.6. The Bertz CT molecular complexity index is 913. The summed E-state index contributed by atoms with van der Waals surface area (Å²) >= 11 is 0. The van der Waals surface area contributed by atoms with Gasteiger partial charge in [-0.25, -0.2) is 13.2 Å². The van der Waals surface area contributed by atoms with Crippen LogP contribution in [0.25, 0.3) is 0 Å². The van der Waals surface area contributed by atoms with E-state index in [1.54, 1.807) is 12.1 Å². The fourth-order valence-corrected chi connectivity index (χ4v) is 3.27. The number of ether oxygens (including phenoxy) is 1. The Morgan fingerprint density at radius 1 is 1.04 bits per heavy atom. The fourth-order valence-electron chi connectivity index (χ4n) is 2.69. The minimum atomic E-state index is -3.55. The molecule has 2 N–H and O–H groups in total. The average molecular weight is 404 g/mol. The Kier molecular flexibility index (Phi) is 7.57. The van der Waals surface area contributed by atoms with Crippen molar-refractivity contribution in [3.8, 4) is 0 Å². The topological polar surface area (TPSA) is 102 Å². The maximum atomic E-state index is 12.3. The van der Waals surface area contributed by atoms with Crippen molar-refractivity contribution < 1.29 is 22.7 Å². The quantitative estimate of drug-likeness (QED) is 0.626. The van der Waals surface area contributed by atoms with Gasteiger partial charge in [0.1, 0.15) is 0 Å². The molecule has 2 aromatic rings. The van der Waals surface area contributed by atoms with Crippen LogP contribution in [0.2, 0.25) is 0 Å². The summed E-state index contributed by atoms with van der Waals surface area (Å²) in [5.74, 6) is -1.21. The van der Waals surface area contributed by atoms with Gasteiger partial charge in [-0.05, 0) is 24.1 Å². The lowest BCUT2D eigenvalue weighted by Crippen LogP contribution is -2.32. The van der Waals surface area contributed by atoms with Crippen molar-refractivity contribution in [1.82, 2.24) is 5.32 Å². The zero-order valence-corrected chi connectivity index (χ0v) is 16.7. The van der Waals surface area contributed by atoms with E-state index in [9.17, 15) is 18.0 Å². The van der Waals surface area contributed by atoms with Gasteiger partial charge in [0.2, 0.25) is 10.0 Å². The molecular weight excluding hydrogens is 380 g/mol. The second kappa shape index (κ2) is 9.89. The van der Waals surface area contributed by atoms with E-state index in [1.807, 2.05) is 37.3 Å². The molecule has 8 heteroatoms. The van der Waals surface area contributed by atoms with Gasteiger partial charge < -0.3 is 10.1 Å². The third kappa shape index (κ3) is 6.70. The van der Waals surface area contributed by atoms with Crippen LogP contribution in [0, 0.1) is 0 Å². The molecule has 1 atom stereocenters. The molecule has 0 aliphatic carbocycles. The molecule has 1 amide bonds. The second-order valence-corrected chi connectivity index (χ2v) is 8.06. The number of para-hydroxylation sites is 1. The van der Waals surface area contributed by atoms with Crippen LogP contribution in [0.15, 0.2) is 54.6 Å². The number of esters is 1. The number of sulfonamides is 1. The van der Waals surface area contributed by atoms with Gasteiger partial charge in [-0.15, -0.1) is 0 Å². The number of carbonyl (C=O) groups excluding carboxylic acids is 2. The van der Waals surface area contributed by atoms with Gasteiger partial charge in [0.05, 0.1) is 23.5 Å². The molecule has 0 spiro atoms. The first-order valence-corrected chi connectivity index (χ1v) is 10.8. The Balaban J connectivity index is 2.00. The molecule has 0 aromatic heterocycles. The summed E-state index contributed by atoms with van der Waals surface area (Å²) in [6.07, 6.45) is 2.62. The molecular formula is C20H24N2O5S. The number of nitrogens with one attached hydrogen (secondary N) is 2. The summed E-state index contributed by atoms with van der Waals surface area (Å²) < 4.78 is 30.2. The largest absolute Gasteiger partial charge is 0.452 e. The highest BCUT2D eigenvalue weighted by atomic mass is 32.2. The van der Waals surface area contributed by atoms with Crippen LogP contribution in [0.1, 0.15) is 41.7 Å². The molecule has 0 bridgehead atoms. The lowest BCUT2D eigenvalue weighted by atomic mass is 10.0. The first-order chi connectivity index (χ1) is 13.3. The van der Waals surface area contributed by atoms with Gasteiger partial charge in [-0.3, -0.25) is 9.52 Å². The molecule has 2 rings (SSSR count). The third-order valence-electron chi connectivity index (χ3n) is 3.89. The minimum Gasteiger partial charge on any atom is -0.452 e. The van der Waals surface area contributed by atoms with Crippen molar-refractivity contribution in [3.05, 3.63) is 65.7 Å². The Morgan fingerprint density at radius 3 is 2.32 bits per heavy atom. The molecule has 0 saturated carbocycles. The molecule has 0 radical (unpaired) electrons. The van der Waals surface area contributed by atoms with Gasteiger partial charge in [0, 0.05) is 0 Å². The number of carbonyl (C=O) groups is 2. The van der Waals surface area contributed by atoms with E-state index in [2.05, 4.69) is 10.0 Å². The number of benzene rings is 2.